The topological polar surface area (TPSA) is 61.9 Å². The maximum Gasteiger partial charge on any atom is 0.248 e. The summed E-state index contributed by atoms with van der Waals surface area (Å²) in [7, 11) is 3.45. The van der Waals surface area contributed by atoms with Crippen LogP contribution in [-0.2, 0) is 7.05 Å². The van der Waals surface area contributed by atoms with Crippen LogP contribution < -0.4 is 4.74 Å². The third-order valence-electron chi connectivity index (χ3n) is 4.40. The van der Waals surface area contributed by atoms with Gasteiger partial charge in [0.2, 0.25) is 5.78 Å². The summed E-state index contributed by atoms with van der Waals surface area (Å²) in [4.78, 5) is 20.9. The van der Waals surface area contributed by atoms with Crippen molar-refractivity contribution in [1.29, 1.82) is 0 Å². The number of aryl methyl sites for hydroxylation is 1. The maximum absolute atomic E-state index is 12.6. The van der Waals surface area contributed by atoms with E-state index in [0.717, 1.165) is 22.6 Å². The Morgan fingerprint density at radius 2 is 1.93 bits per heavy atom. The minimum Gasteiger partial charge on any atom is -0.496 e. The van der Waals surface area contributed by atoms with E-state index < -0.39 is 0 Å². The Morgan fingerprint density at radius 3 is 2.70 bits per heavy atom. The summed E-state index contributed by atoms with van der Waals surface area (Å²) in [6.07, 6.45) is 6.69. The quantitative estimate of drug-likeness (QED) is 0.512. The fourth-order valence-electron chi connectivity index (χ4n) is 3.00. The Morgan fingerprint density at radius 1 is 1.07 bits per heavy atom. The second kappa shape index (κ2) is 6.92. The monoisotopic (exact) mass is 358 g/mol. The number of methoxy groups -OCH3 is 1. The molecule has 4 rings (SSSR count). The molecule has 0 aliphatic carbocycles. The van der Waals surface area contributed by atoms with Crippen LogP contribution in [0.3, 0.4) is 0 Å². The maximum atomic E-state index is 12.6. The number of aromatic nitrogens is 4. The average molecular weight is 358 g/mol. The minimum absolute atomic E-state index is 0.206. The Hall–Kier alpha value is -3.67. The van der Waals surface area contributed by atoms with Gasteiger partial charge in [-0.15, -0.1) is 0 Å². The van der Waals surface area contributed by atoms with E-state index in [4.69, 9.17) is 4.74 Å². The van der Waals surface area contributed by atoms with Crippen molar-refractivity contribution in [3.8, 4) is 22.6 Å². The van der Waals surface area contributed by atoms with Crippen molar-refractivity contribution < 1.29 is 9.53 Å². The van der Waals surface area contributed by atoms with E-state index in [1.165, 1.54) is 0 Å². The summed E-state index contributed by atoms with van der Waals surface area (Å²) in [6, 6.07) is 15.9. The van der Waals surface area contributed by atoms with Gasteiger partial charge in [-0.1, -0.05) is 30.3 Å². The molecule has 0 unspecified atom stereocenters. The predicted octanol–water partition coefficient (Wildman–Crippen LogP) is 3.51. The highest BCUT2D eigenvalue weighted by Gasteiger charge is 2.17. The van der Waals surface area contributed by atoms with Crippen molar-refractivity contribution in [2.75, 3.05) is 7.11 Å². The van der Waals surface area contributed by atoms with Crippen molar-refractivity contribution in [3.63, 3.8) is 0 Å². The van der Waals surface area contributed by atoms with Crippen LogP contribution in [0.2, 0.25) is 0 Å². The van der Waals surface area contributed by atoms with E-state index in [1.54, 1.807) is 43.6 Å². The molecule has 0 fully saturated rings. The molecule has 27 heavy (non-hydrogen) atoms. The van der Waals surface area contributed by atoms with Crippen LogP contribution in [0, 0.1) is 0 Å². The Labute approximate surface area is 156 Å². The molecule has 0 aliphatic heterocycles. The largest absolute Gasteiger partial charge is 0.496 e. The number of hydrogen-bond acceptors (Lipinski definition) is 4. The Kier molecular flexibility index (Phi) is 4.30. The molecule has 0 bridgehead atoms. The lowest BCUT2D eigenvalue weighted by molar-refractivity contribution is 0.102. The van der Waals surface area contributed by atoms with Crippen LogP contribution in [-0.4, -0.2) is 32.0 Å². The fraction of sp³-hybridized carbons (Fsp3) is 0.0952. The number of hydrogen-bond donors (Lipinski definition) is 0. The van der Waals surface area contributed by atoms with E-state index in [0.29, 0.717) is 11.5 Å². The van der Waals surface area contributed by atoms with Gasteiger partial charge in [0.05, 0.1) is 7.11 Å². The lowest BCUT2D eigenvalue weighted by Gasteiger charge is -2.10. The number of benzene rings is 2. The molecule has 0 aliphatic rings. The first-order valence-corrected chi connectivity index (χ1v) is 8.47. The lowest BCUT2D eigenvalue weighted by atomic mass is 10.0. The molecule has 0 saturated carbocycles. The van der Waals surface area contributed by atoms with E-state index in [-0.39, 0.29) is 5.78 Å². The normalized spacial score (nSPS) is 10.7. The van der Waals surface area contributed by atoms with Gasteiger partial charge < -0.3 is 13.9 Å². The van der Waals surface area contributed by atoms with Crippen LogP contribution >= 0.6 is 0 Å². The van der Waals surface area contributed by atoms with Gasteiger partial charge in [0.1, 0.15) is 17.8 Å². The number of carbonyl (C=O) groups excluding carboxylic acids is 1. The van der Waals surface area contributed by atoms with Crippen molar-refractivity contribution in [1.82, 2.24) is 19.1 Å². The summed E-state index contributed by atoms with van der Waals surface area (Å²) in [6.45, 7) is 0. The zero-order valence-electron chi connectivity index (χ0n) is 15.0. The van der Waals surface area contributed by atoms with E-state index in [2.05, 4.69) is 9.97 Å². The van der Waals surface area contributed by atoms with E-state index in [9.17, 15) is 4.79 Å². The minimum atomic E-state index is -0.206. The number of nitrogens with zero attached hydrogens (tertiary/aromatic N) is 4. The van der Waals surface area contributed by atoms with Crippen LogP contribution in [0.4, 0.5) is 0 Å². The van der Waals surface area contributed by atoms with Crippen molar-refractivity contribution in [3.05, 3.63) is 85.0 Å². The molecule has 2 aromatic heterocycles. The van der Waals surface area contributed by atoms with Gasteiger partial charge >= 0.3 is 0 Å². The summed E-state index contributed by atoms with van der Waals surface area (Å²) in [5.74, 6) is 0.969. The molecule has 6 nitrogen and oxygen atoms in total. The molecule has 2 heterocycles. The number of ketones is 1. The molecule has 0 spiro atoms. The smallest absolute Gasteiger partial charge is 0.248 e. The lowest BCUT2D eigenvalue weighted by Crippen LogP contribution is -2.09. The second-order valence-corrected chi connectivity index (χ2v) is 6.11. The first-order valence-electron chi connectivity index (χ1n) is 8.47. The molecule has 2 aromatic carbocycles. The zero-order valence-corrected chi connectivity index (χ0v) is 15.0. The highest BCUT2D eigenvalue weighted by atomic mass is 16.5. The molecular weight excluding hydrogens is 340 g/mol. The molecule has 0 amide bonds. The molecular formula is C21H18N4O2. The molecule has 6 heteroatoms. The van der Waals surface area contributed by atoms with Gasteiger partial charge in [0.25, 0.3) is 0 Å². The number of carbonyl (C=O) groups is 1. The van der Waals surface area contributed by atoms with Gasteiger partial charge in [0.15, 0.2) is 5.82 Å². The summed E-state index contributed by atoms with van der Waals surface area (Å²) < 4.78 is 8.97. The molecule has 4 aromatic rings. The number of para-hydroxylation sites is 1. The standard InChI is InChI=1S/C21H18N4O2/c1-24-11-10-22-21(24)20(26)18-13-25(14-23-18)16-7-5-6-15(12-16)17-8-3-4-9-19(17)27-2/h3-14H,1-2H3. The molecule has 0 radical (unpaired) electrons. The van der Waals surface area contributed by atoms with Crippen LogP contribution in [0.15, 0.2) is 73.4 Å². The third kappa shape index (κ3) is 3.13. The highest BCUT2D eigenvalue weighted by Crippen LogP contribution is 2.30. The van der Waals surface area contributed by atoms with Gasteiger partial charge in [-0.3, -0.25) is 4.79 Å². The fourth-order valence-corrected chi connectivity index (χ4v) is 3.00. The van der Waals surface area contributed by atoms with Gasteiger partial charge in [-0.05, 0) is 23.8 Å². The number of imidazole rings is 2. The zero-order chi connectivity index (χ0) is 18.8. The van der Waals surface area contributed by atoms with Crippen LogP contribution in [0.1, 0.15) is 16.3 Å². The van der Waals surface area contributed by atoms with E-state index >= 15 is 0 Å². The summed E-state index contributed by atoms with van der Waals surface area (Å²) in [5, 5.41) is 0. The molecule has 134 valence electrons. The molecule has 0 N–H and O–H groups in total. The van der Waals surface area contributed by atoms with Gasteiger partial charge in [-0.25, -0.2) is 9.97 Å². The second-order valence-electron chi connectivity index (χ2n) is 6.11. The van der Waals surface area contributed by atoms with E-state index in [1.807, 2.05) is 53.1 Å². The summed E-state index contributed by atoms with van der Waals surface area (Å²) >= 11 is 0. The van der Waals surface area contributed by atoms with Gasteiger partial charge in [0, 0.05) is 36.9 Å². The van der Waals surface area contributed by atoms with Crippen LogP contribution in [0.25, 0.3) is 16.8 Å². The molecule has 0 atom stereocenters. The highest BCUT2D eigenvalue weighted by molar-refractivity contribution is 6.05. The summed E-state index contributed by atoms with van der Waals surface area (Å²) in [5.41, 5.74) is 3.29. The number of rotatable bonds is 5. The van der Waals surface area contributed by atoms with Crippen molar-refractivity contribution in [2.24, 2.45) is 7.05 Å². The average Bonchev–Trinajstić information content (AvgIpc) is 3.37. The Balaban J connectivity index is 1.68. The number of ether oxygens (including phenoxy) is 1. The van der Waals surface area contributed by atoms with Crippen LogP contribution in [0.5, 0.6) is 5.75 Å². The third-order valence-corrected chi connectivity index (χ3v) is 4.40. The van der Waals surface area contributed by atoms with Gasteiger partial charge in [-0.2, -0.15) is 0 Å². The predicted molar refractivity (Wildman–Crippen MR) is 102 cm³/mol. The van der Waals surface area contributed by atoms with Crippen molar-refractivity contribution in [2.45, 2.75) is 0 Å². The first-order chi connectivity index (χ1) is 13.2. The first kappa shape index (κ1) is 16.8. The van der Waals surface area contributed by atoms with Crippen molar-refractivity contribution >= 4 is 5.78 Å². The molecule has 0 saturated heterocycles. The Bertz CT molecular complexity index is 1110. The SMILES string of the molecule is COc1ccccc1-c1cccc(-n2cnc(C(=O)c3nccn3C)c2)c1.